The summed E-state index contributed by atoms with van der Waals surface area (Å²) in [7, 11) is 3.36. The van der Waals surface area contributed by atoms with E-state index in [1.807, 2.05) is 25.1 Å². The molecule has 4 heteroatoms. The van der Waals surface area contributed by atoms with Crippen molar-refractivity contribution in [2.75, 3.05) is 27.4 Å². The summed E-state index contributed by atoms with van der Waals surface area (Å²) in [6.07, 6.45) is 2.81. The summed E-state index contributed by atoms with van der Waals surface area (Å²) in [6.45, 7) is 3.44. The lowest BCUT2D eigenvalue weighted by molar-refractivity contribution is 0.183. The first kappa shape index (κ1) is 15.8. The molecule has 0 fully saturated rings. The van der Waals surface area contributed by atoms with Crippen LogP contribution in [0.4, 0.5) is 0 Å². The van der Waals surface area contributed by atoms with Gasteiger partial charge in [-0.2, -0.15) is 0 Å². The van der Waals surface area contributed by atoms with Gasteiger partial charge in [-0.05, 0) is 43.9 Å². The summed E-state index contributed by atoms with van der Waals surface area (Å²) in [4.78, 5) is 0. The zero-order valence-corrected chi connectivity index (χ0v) is 12.1. The Kier molecular flexibility index (Phi) is 7.30. The fourth-order valence-electron chi connectivity index (χ4n) is 1.86. The second-order valence-electron chi connectivity index (χ2n) is 4.71. The highest BCUT2D eigenvalue weighted by atomic mass is 16.5. The largest absolute Gasteiger partial charge is 0.493 e. The van der Waals surface area contributed by atoms with E-state index in [1.165, 1.54) is 5.56 Å². The zero-order valence-electron chi connectivity index (χ0n) is 12.1. The Morgan fingerprint density at radius 3 is 2.47 bits per heavy atom. The normalized spacial score (nSPS) is 12.2. The van der Waals surface area contributed by atoms with Gasteiger partial charge in [-0.15, -0.1) is 0 Å². The van der Waals surface area contributed by atoms with Crippen LogP contribution in [0.2, 0.25) is 0 Å². The van der Waals surface area contributed by atoms with Gasteiger partial charge >= 0.3 is 0 Å². The highest BCUT2D eigenvalue weighted by Gasteiger charge is 2.07. The van der Waals surface area contributed by atoms with Crippen LogP contribution >= 0.6 is 0 Å². The van der Waals surface area contributed by atoms with E-state index in [2.05, 4.69) is 0 Å². The standard InChI is InChI=1S/C15H25NO3/c1-12(16)10-13-6-7-14(15(11-13)18-3)19-9-5-4-8-17-2/h6-7,11-12H,4-5,8-10,16H2,1-3H3. The van der Waals surface area contributed by atoms with Crippen LogP contribution in [0.25, 0.3) is 0 Å². The molecule has 0 saturated carbocycles. The summed E-state index contributed by atoms with van der Waals surface area (Å²) in [5, 5.41) is 0. The summed E-state index contributed by atoms with van der Waals surface area (Å²) in [5.41, 5.74) is 6.96. The first-order chi connectivity index (χ1) is 9.17. The third-order valence-corrected chi connectivity index (χ3v) is 2.79. The van der Waals surface area contributed by atoms with E-state index in [9.17, 15) is 0 Å². The van der Waals surface area contributed by atoms with Gasteiger partial charge in [0.05, 0.1) is 13.7 Å². The van der Waals surface area contributed by atoms with Crippen LogP contribution in [-0.2, 0) is 11.2 Å². The molecule has 1 aromatic rings. The minimum atomic E-state index is 0.144. The maximum atomic E-state index is 5.80. The summed E-state index contributed by atoms with van der Waals surface area (Å²) < 4.78 is 16.1. The number of unbranched alkanes of at least 4 members (excludes halogenated alkanes) is 1. The molecule has 2 N–H and O–H groups in total. The molecule has 4 nitrogen and oxygen atoms in total. The number of nitrogens with two attached hydrogens (primary N) is 1. The second kappa shape index (κ2) is 8.77. The summed E-state index contributed by atoms with van der Waals surface area (Å²) in [6, 6.07) is 6.13. The maximum Gasteiger partial charge on any atom is 0.161 e. The van der Waals surface area contributed by atoms with Crippen molar-refractivity contribution >= 4 is 0 Å². The van der Waals surface area contributed by atoms with Crippen LogP contribution in [0.5, 0.6) is 11.5 Å². The Bertz CT molecular complexity index is 366. The molecule has 108 valence electrons. The predicted molar refractivity (Wildman–Crippen MR) is 77.0 cm³/mol. The Morgan fingerprint density at radius 1 is 1.11 bits per heavy atom. The minimum absolute atomic E-state index is 0.144. The molecule has 0 aliphatic carbocycles. The van der Waals surface area contributed by atoms with Crippen LogP contribution in [0.3, 0.4) is 0 Å². The molecule has 1 unspecified atom stereocenters. The van der Waals surface area contributed by atoms with Gasteiger partial charge in [0.15, 0.2) is 11.5 Å². The van der Waals surface area contributed by atoms with Gasteiger partial charge in [-0.1, -0.05) is 6.07 Å². The van der Waals surface area contributed by atoms with E-state index >= 15 is 0 Å². The predicted octanol–water partition coefficient (Wildman–Crippen LogP) is 2.39. The van der Waals surface area contributed by atoms with Crippen molar-refractivity contribution in [3.05, 3.63) is 23.8 Å². The molecule has 0 aromatic heterocycles. The van der Waals surface area contributed by atoms with Crippen molar-refractivity contribution in [1.29, 1.82) is 0 Å². The van der Waals surface area contributed by atoms with Crippen molar-refractivity contribution in [2.45, 2.75) is 32.2 Å². The number of rotatable bonds is 9. The van der Waals surface area contributed by atoms with E-state index in [4.69, 9.17) is 19.9 Å². The molecule has 1 aromatic carbocycles. The van der Waals surface area contributed by atoms with Gasteiger partial charge in [-0.25, -0.2) is 0 Å². The van der Waals surface area contributed by atoms with Crippen molar-refractivity contribution in [3.8, 4) is 11.5 Å². The maximum absolute atomic E-state index is 5.80. The van der Waals surface area contributed by atoms with Crippen LogP contribution < -0.4 is 15.2 Å². The Morgan fingerprint density at radius 2 is 1.84 bits per heavy atom. The molecule has 1 rings (SSSR count). The zero-order chi connectivity index (χ0) is 14.1. The van der Waals surface area contributed by atoms with Crippen molar-refractivity contribution in [1.82, 2.24) is 0 Å². The quantitative estimate of drug-likeness (QED) is 0.698. The molecule has 0 amide bonds. The lowest BCUT2D eigenvalue weighted by Gasteiger charge is -2.13. The van der Waals surface area contributed by atoms with Gasteiger partial charge in [0.1, 0.15) is 0 Å². The van der Waals surface area contributed by atoms with E-state index in [1.54, 1.807) is 14.2 Å². The van der Waals surface area contributed by atoms with E-state index < -0.39 is 0 Å². The van der Waals surface area contributed by atoms with Gasteiger partial charge in [0.25, 0.3) is 0 Å². The Labute approximate surface area is 115 Å². The van der Waals surface area contributed by atoms with Crippen LogP contribution in [-0.4, -0.2) is 33.5 Å². The molecule has 19 heavy (non-hydrogen) atoms. The molecule has 0 saturated heterocycles. The molecule has 0 aliphatic rings. The fraction of sp³-hybridized carbons (Fsp3) is 0.600. The monoisotopic (exact) mass is 267 g/mol. The SMILES string of the molecule is COCCCCOc1ccc(CC(C)N)cc1OC. The first-order valence-electron chi connectivity index (χ1n) is 6.71. The summed E-state index contributed by atoms with van der Waals surface area (Å²) >= 11 is 0. The molecule has 0 heterocycles. The highest BCUT2D eigenvalue weighted by Crippen LogP contribution is 2.28. The second-order valence-corrected chi connectivity index (χ2v) is 4.71. The van der Waals surface area contributed by atoms with Gasteiger partial charge in [-0.3, -0.25) is 0 Å². The van der Waals surface area contributed by atoms with Crippen molar-refractivity contribution in [2.24, 2.45) is 5.73 Å². The van der Waals surface area contributed by atoms with Gasteiger partial charge in [0, 0.05) is 19.8 Å². The number of benzene rings is 1. The molecular formula is C15H25NO3. The number of hydrogen-bond donors (Lipinski definition) is 1. The number of hydrogen-bond acceptors (Lipinski definition) is 4. The molecular weight excluding hydrogens is 242 g/mol. The minimum Gasteiger partial charge on any atom is -0.493 e. The third-order valence-electron chi connectivity index (χ3n) is 2.79. The van der Waals surface area contributed by atoms with Crippen LogP contribution in [0.1, 0.15) is 25.3 Å². The third kappa shape index (κ3) is 5.94. The van der Waals surface area contributed by atoms with Crippen LogP contribution in [0, 0.1) is 0 Å². The fourth-order valence-corrected chi connectivity index (χ4v) is 1.86. The van der Waals surface area contributed by atoms with Gasteiger partial charge in [0.2, 0.25) is 0 Å². The molecule has 0 bridgehead atoms. The number of ether oxygens (including phenoxy) is 3. The molecule has 1 atom stereocenters. The van der Waals surface area contributed by atoms with Gasteiger partial charge < -0.3 is 19.9 Å². The summed E-state index contributed by atoms with van der Waals surface area (Å²) in [5.74, 6) is 1.55. The smallest absolute Gasteiger partial charge is 0.161 e. The van der Waals surface area contributed by atoms with E-state index in [0.717, 1.165) is 37.4 Å². The Hall–Kier alpha value is -1.26. The first-order valence-corrected chi connectivity index (χ1v) is 6.71. The molecule has 0 aliphatic heterocycles. The highest BCUT2D eigenvalue weighted by molar-refractivity contribution is 5.43. The average molecular weight is 267 g/mol. The topological polar surface area (TPSA) is 53.7 Å². The van der Waals surface area contributed by atoms with Crippen LogP contribution in [0.15, 0.2) is 18.2 Å². The van der Waals surface area contributed by atoms with Crippen molar-refractivity contribution in [3.63, 3.8) is 0 Å². The number of methoxy groups -OCH3 is 2. The van der Waals surface area contributed by atoms with Crippen molar-refractivity contribution < 1.29 is 14.2 Å². The average Bonchev–Trinajstić information content (AvgIpc) is 2.39. The molecule has 0 radical (unpaired) electrons. The lowest BCUT2D eigenvalue weighted by atomic mass is 10.1. The molecule has 0 spiro atoms. The van der Waals surface area contributed by atoms with E-state index in [-0.39, 0.29) is 6.04 Å². The Balaban J connectivity index is 2.53. The lowest BCUT2D eigenvalue weighted by Crippen LogP contribution is -2.17. The van der Waals surface area contributed by atoms with E-state index in [0.29, 0.717) is 6.61 Å².